The summed E-state index contributed by atoms with van der Waals surface area (Å²) in [7, 11) is 0. The number of anilines is 1. The number of nitrogen functional groups attached to an aromatic ring is 1. The summed E-state index contributed by atoms with van der Waals surface area (Å²) in [5, 5.41) is 0. The lowest BCUT2D eigenvalue weighted by Gasteiger charge is -2.09. The van der Waals surface area contributed by atoms with Gasteiger partial charge in [-0.05, 0) is 11.6 Å². The Morgan fingerprint density at radius 3 is 2.85 bits per heavy atom. The molecule has 1 rings (SSSR count). The van der Waals surface area contributed by atoms with Crippen molar-refractivity contribution >= 4 is 12.1 Å². The lowest BCUT2D eigenvalue weighted by Crippen LogP contribution is -2.21. The fraction of sp³-hybridized carbons (Fsp3) is 0.250. The van der Waals surface area contributed by atoms with Gasteiger partial charge in [0, 0.05) is 18.8 Å². The molecule has 0 fully saturated rings. The molecule has 1 aromatic heterocycles. The molecule has 0 aliphatic rings. The minimum absolute atomic E-state index is 0.211. The fourth-order valence-electron chi connectivity index (χ4n) is 0.943. The van der Waals surface area contributed by atoms with Gasteiger partial charge < -0.3 is 17.2 Å². The maximum atomic E-state index is 10.5. The molecule has 0 saturated heterocycles. The topological polar surface area (TPSA) is 108 Å². The zero-order valence-corrected chi connectivity index (χ0v) is 7.10. The standard InChI is InChI=1S/C8H12N4O/c9-2-7(10)5-1-6(4-13)8(11)12-3-5/h1,3-4,7H,2,9-10H2,(H2,11,12)/t7-/m1/s1. The van der Waals surface area contributed by atoms with Gasteiger partial charge in [0.1, 0.15) is 5.82 Å². The van der Waals surface area contributed by atoms with Crippen LogP contribution in [0.2, 0.25) is 0 Å². The smallest absolute Gasteiger partial charge is 0.153 e. The van der Waals surface area contributed by atoms with Crippen molar-refractivity contribution in [2.24, 2.45) is 11.5 Å². The van der Waals surface area contributed by atoms with Gasteiger partial charge in [0.2, 0.25) is 0 Å². The predicted octanol–water partition coefficient (Wildman–Crippen LogP) is -0.565. The van der Waals surface area contributed by atoms with E-state index in [0.717, 1.165) is 5.56 Å². The minimum atomic E-state index is -0.299. The number of aromatic nitrogens is 1. The van der Waals surface area contributed by atoms with Crippen LogP contribution in [0.1, 0.15) is 22.0 Å². The summed E-state index contributed by atoms with van der Waals surface area (Å²) in [6, 6.07) is 1.30. The Bertz CT molecular complexity index is 313. The van der Waals surface area contributed by atoms with Gasteiger partial charge in [-0.2, -0.15) is 0 Å². The van der Waals surface area contributed by atoms with Gasteiger partial charge in [-0.3, -0.25) is 4.79 Å². The van der Waals surface area contributed by atoms with Gasteiger partial charge in [-0.25, -0.2) is 4.98 Å². The molecule has 0 bridgehead atoms. The monoisotopic (exact) mass is 180 g/mol. The van der Waals surface area contributed by atoms with Crippen LogP contribution in [0, 0.1) is 0 Å². The van der Waals surface area contributed by atoms with Crippen molar-refractivity contribution in [3.8, 4) is 0 Å². The third kappa shape index (κ3) is 2.01. The van der Waals surface area contributed by atoms with Crippen LogP contribution in [0.25, 0.3) is 0 Å². The number of hydrogen-bond donors (Lipinski definition) is 3. The summed E-state index contributed by atoms with van der Waals surface area (Å²) in [5.74, 6) is 0.211. The molecule has 0 saturated carbocycles. The molecule has 13 heavy (non-hydrogen) atoms. The van der Waals surface area contributed by atoms with Crippen LogP contribution in [0.15, 0.2) is 12.3 Å². The summed E-state index contributed by atoms with van der Waals surface area (Å²) in [6.45, 7) is 0.309. The van der Waals surface area contributed by atoms with Gasteiger partial charge in [0.05, 0.1) is 5.56 Å². The number of nitrogens with two attached hydrogens (primary N) is 3. The number of carbonyl (C=O) groups excluding carboxylic acids is 1. The predicted molar refractivity (Wildman–Crippen MR) is 50.0 cm³/mol. The Hall–Kier alpha value is -1.46. The van der Waals surface area contributed by atoms with Gasteiger partial charge >= 0.3 is 0 Å². The molecule has 70 valence electrons. The molecular weight excluding hydrogens is 168 g/mol. The molecule has 6 N–H and O–H groups in total. The SMILES string of the molecule is NC[C@@H](N)c1cnc(N)c(C=O)c1. The van der Waals surface area contributed by atoms with E-state index in [1.807, 2.05) is 0 Å². The Morgan fingerprint density at radius 1 is 1.62 bits per heavy atom. The van der Waals surface area contributed by atoms with Crippen LogP contribution in [-0.4, -0.2) is 17.8 Å². The third-order valence-corrected chi connectivity index (χ3v) is 1.78. The quantitative estimate of drug-likeness (QED) is 0.540. The molecule has 0 radical (unpaired) electrons. The zero-order chi connectivity index (χ0) is 9.84. The van der Waals surface area contributed by atoms with E-state index in [1.54, 1.807) is 6.07 Å². The van der Waals surface area contributed by atoms with E-state index in [1.165, 1.54) is 6.20 Å². The number of aldehydes is 1. The van der Waals surface area contributed by atoms with Crippen molar-refractivity contribution < 1.29 is 4.79 Å². The van der Waals surface area contributed by atoms with E-state index < -0.39 is 0 Å². The molecule has 1 atom stereocenters. The maximum Gasteiger partial charge on any atom is 0.153 e. The molecule has 0 spiro atoms. The van der Waals surface area contributed by atoms with Gasteiger partial charge in [0.25, 0.3) is 0 Å². The van der Waals surface area contributed by atoms with Crippen LogP contribution in [0.5, 0.6) is 0 Å². The highest BCUT2D eigenvalue weighted by molar-refractivity contribution is 5.81. The van der Waals surface area contributed by atoms with E-state index in [2.05, 4.69) is 4.98 Å². The van der Waals surface area contributed by atoms with Gasteiger partial charge in [-0.1, -0.05) is 0 Å². The summed E-state index contributed by atoms with van der Waals surface area (Å²) < 4.78 is 0. The largest absolute Gasteiger partial charge is 0.383 e. The van der Waals surface area contributed by atoms with Crippen molar-refractivity contribution in [1.82, 2.24) is 4.98 Å². The Kier molecular flexibility index (Phi) is 2.94. The first kappa shape index (κ1) is 9.63. The average Bonchev–Trinajstić information content (AvgIpc) is 2.17. The van der Waals surface area contributed by atoms with Crippen LogP contribution >= 0.6 is 0 Å². The second-order valence-electron chi connectivity index (χ2n) is 2.70. The van der Waals surface area contributed by atoms with Crippen LogP contribution in [0.4, 0.5) is 5.82 Å². The Labute approximate surface area is 75.9 Å². The lowest BCUT2D eigenvalue weighted by atomic mass is 10.1. The van der Waals surface area contributed by atoms with Crippen molar-refractivity contribution in [1.29, 1.82) is 0 Å². The van der Waals surface area contributed by atoms with Gasteiger partial charge in [-0.15, -0.1) is 0 Å². The highest BCUT2D eigenvalue weighted by Crippen LogP contribution is 2.12. The highest BCUT2D eigenvalue weighted by Gasteiger charge is 2.06. The molecule has 5 nitrogen and oxygen atoms in total. The molecule has 0 aliphatic carbocycles. The van der Waals surface area contributed by atoms with Gasteiger partial charge in [0.15, 0.2) is 6.29 Å². The van der Waals surface area contributed by atoms with Crippen LogP contribution < -0.4 is 17.2 Å². The van der Waals surface area contributed by atoms with E-state index in [0.29, 0.717) is 18.4 Å². The molecule has 0 amide bonds. The second-order valence-corrected chi connectivity index (χ2v) is 2.70. The molecule has 1 heterocycles. The summed E-state index contributed by atoms with van der Waals surface area (Å²) >= 11 is 0. The number of hydrogen-bond acceptors (Lipinski definition) is 5. The fourth-order valence-corrected chi connectivity index (χ4v) is 0.943. The Balaban J connectivity index is 3.05. The second kappa shape index (κ2) is 3.97. The summed E-state index contributed by atoms with van der Waals surface area (Å²) in [5.41, 5.74) is 17.5. The first-order chi connectivity index (χ1) is 6.19. The molecule has 5 heteroatoms. The minimum Gasteiger partial charge on any atom is -0.383 e. The first-order valence-electron chi connectivity index (χ1n) is 3.85. The number of pyridine rings is 1. The third-order valence-electron chi connectivity index (χ3n) is 1.78. The number of nitrogens with zero attached hydrogens (tertiary/aromatic N) is 1. The number of carbonyl (C=O) groups is 1. The van der Waals surface area contributed by atoms with Crippen molar-refractivity contribution in [3.05, 3.63) is 23.4 Å². The maximum absolute atomic E-state index is 10.5. The Morgan fingerprint density at radius 2 is 2.31 bits per heavy atom. The van der Waals surface area contributed by atoms with Crippen molar-refractivity contribution in [2.45, 2.75) is 6.04 Å². The molecular formula is C8H12N4O. The lowest BCUT2D eigenvalue weighted by molar-refractivity contribution is 0.112. The van der Waals surface area contributed by atoms with E-state index in [9.17, 15) is 4.79 Å². The molecule has 0 unspecified atom stereocenters. The van der Waals surface area contributed by atoms with E-state index >= 15 is 0 Å². The van der Waals surface area contributed by atoms with Crippen LogP contribution in [-0.2, 0) is 0 Å². The highest BCUT2D eigenvalue weighted by atomic mass is 16.1. The van der Waals surface area contributed by atoms with Crippen molar-refractivity contribution in [2.75, 3.05) is 12.3 Å². The summed E-state index contributed by atoms with van der Waals surface area (Å²) in [4.78, 5) is 14.3. The van der Waals surface area contributed by atoms with E-state index in [4.69, 9.17) is 17.2 Å². The van der Waals surface area contributed by atoms with E-state index in [-0.39, 0.29) is 11.9 Å². The molecule has 1 aromatic rings. The number of rotatable bonds is 3. The normalized spacial score (nSPS) is 12.5. The average molecular weight is 180 g/mol. The van der Waals surface area contributed by atoms with Crippen molar-refractivity contribution in [3.63, 3.8) is 0 Å². The molecule has 0 aromatic carbocycles. The summed E-state index contributed by atoms with van der Waals surface area (Å²) in [6.07, 6.45) is 2.18. The first-order valence-corrected chi connectivity index (χ1v) is 3.85. The van der Waals surface area contributed by atoms with Crippen LogP contribution in [0.3, 0.4) is 0 Å². The zero-order valence-electron chi connectivity index (χ0n) is 7.10. The molecule has 0 aliphatic heterocycles.